The van der Waals surface area contributed by atoms with Crippen molar-refractivity contribution in [3.63, 3.8) is 0 Å². The third kappa shape index (κ3) is 5.21. The highest BCUT2D eigenvalue weighted by molar-refractivity contribution is 7.89. The molecule has 5 nitrogen and oxygen atoms in total. The molecule has 2 fully saturated rings. The van der Waals surface area contributed by atoms with E-state index in [-0.39, 0.29) is 23.6 Å². The van der Waals surface area contributed by atoms with Crippen LogP contribution >= 0.6 is 0 Å². The zero-order valence-electron chi connectivity index (χ0n) is 17.9. The Morgan fingerprint density at radius 3 is 2.38 bits per heavy atom. The zero-order valence-corrected chi connectivity index (χ0v) is 18.7. The van der Waals surface area contributed by atoms with Crippen LogP contribution in [0.25, 0.3) is 0 Å². The molecule has 1 aromatic rings. The van der Waals surface area contributed by atoms with E-state index in [0.717, 1.165) is 32.2 Å². The molecule has 0 aliphatic carbocycles. The van der Waals surface area contributed by atoms with Crippen molar-refractivity contribution >= 4 is 15.9 Å². The molecular formula is C23H36N2O3S. The van der Waals surface area contributed by atoms with Crippen LogP contribution in [0.15, 0.2) is 30.3 Å². The van der Waals surface area contributed by atoms with E-state index in [2.05, 4.69) is 36.1 Å². The van der Waals surface area contributed by atoms with Crippen molar-refractivity contribution < 1.29 is 13.2 Å². The van der Waals surface area contributed by atoms with Gasteiger partial charge in [0.1, 0.15) is 0 Å². The number of likely N-dealkylation sites (tertiary alicyclic amines) is 1. The minimum Gasteiger partial charge on any atom is -0.339 e. The average molecular weight is 421 g/mol. The van der Waals surface area contributed by atoms with Gasteiger partial charge in [0, 0.05) is 37.5 Å². The van der Waals surface area contributed by atoms with E-state index in [1.807, 2.05) is 13.0 Å². The van der Waals surface area contributed by atoms with Crippen molar-refractivity contribution in [2.24, 2.45) is 5.92 Å². The lowest BCUT2D eigenvalue weighted by atomic mass is 9.87. The molecule has 0 bridgehead atoms. The van der Waals surface area contributed by atoms with Gasteiger partial charge in [-0.1, -0.05) is 50.6 Å². The minimum absolute atomic E-state index is 0.0403. The predicted octanol–water partition coefficient (Wildman–Crippen LogP) is 4.01. The Labute approximate surface area is 176 Å². The topological polar surface area (TPSA) is 57.7 Å². The molecule has 2 heterocycles. The highest BCUT2D eigenvalue weighted by atomic mass is 32.2. The third-order valence-electron chi connectivity index (χ3n) is 6.67. The van der Waals surface area contributed by atoms with Gasteiger partial charge >= 0.3 is 0 Å². The maximum Gasteiger partial charge on any atom is 0.226 e. The number of rotatable bonds is 8. The first kappa shape index (κ1) is 22.3. The van der Waals surface area contributed by atoms with Crippen LogP contribution in [0.4, 0.5) is 0 Å². The highest BCUT2D eigenvalue weighted by Crippen LogP contribution is 2.35. The Hall–Kier alpha value is -1.40. The van der Waals surface area contributed by atoms with Crippen LogP contribution in [-0.4, -0.2) is 55.0 Å². The Bertz CT molecular complexity index is 758. The Morgan fingerprint density at radius 2 is 1.76 bits per heavy atom. The minimum atomic E-state index is -3.17. The van der Waals surface area contributed by atoms with Gasteiger partial charge in [-0.2, -0.15) is 0 Å². The van der Waals surface area contributed by atoms with Crippen LogP contribution in [0, 0.1) is 5.92 Å². The van der Waals surface area contributed by atoms with Gasteiger partial charge in [0.2, 0.25) is 15.9 Å². The molecule has 6 heteroatoms. The van der Waals surface area contributed by atoms with E-state index in [4.69, 9.17) is 0 Å². The first-order valence-corrected chi connectivity index (χ1v) is 12.9. The molecule has 0 spiro atoms. The van der Waals surface area contributed by atoms with E-state index in [1.54, 1.807) is 4.31 Å². The summed E-state index contributed by atoms with van der Waals surface area (Å²) in [6.45, 7) is 6.01. The number of piperidine rings is 1. The Balaban J connectivity index is 1.63. The molecule has 0 aromatic heterocycles. The summed E-state index contributed by atoms with van der Waals surface area (Å²) in [6, 6.07) is 10.8. The lowest BCUT2D eigenvalue weighted by molar-refractivity contribution is -0.138. The number of hydrogen-bond acceptors (Lipinski definition) is 3. The van der Waals surface area contributed by atoms with E-state index in [0.29, 0.717) is 38.3 Å². The number of nitrogens with zero attached hydrogens (tertiary/aromatic N) is 2. The standard InChI is InChI=1S/C23H36N2O3S/c1-3-5-18-29(27,28)24-16-13-20(14-17-24)23(26)25-15-9-12-22(25)21(4-2)19-10-7-6-8-11-19/h6-8,10-11,20-22H,3-5,9,12-18H2,1-2H3. The van der Waals surface area contributed by atoms with Gasteiger partial charge in [-0.25, -0.2) is 12.7 Å². The summed E-state index contributed by atoms with van der Waals surface area (Å²) >= 11 is 0. The maximum absolute atomic E-state index is 13.3. The van der Waals surface area contributed by atoms with Gasteiger partial charge in [0.15, 0.2) is 0 Å². The second-order valence-corrected chi connectivity index (χ2v) is 10.6. The molecular weight excluding hydrogens is 384 g/mol. The molecule has 29 heavy (non-hydrogen) atoms. The van der Waals surface area contributed by atoms with E-state index in [1.165, 1.54) is 5.56 Å². The Morgan fingerprint density at radius 1 is 1.07 bits per heavy atom. The van der Waals surface area contributed by atoms with E-state index in [9.17, 15) is 13.2 Å². The predicted molar refractivity (Wildman–Crippen MR) is 117 cm³/mol. The van der Waals surface area contributed by atoms with Crippen molar-refractivity contribution in [3.8, 4) is 0 Å². The summed E-state index contributed by atoms with van der Waals surface area (Å²) in [5.74, 6) is 0.803. The fourth-order valence-corrected chi connectivity index (χ4v) is 6.66. The summed E-state index contributed by atoms with van der Waals surface area (Å²) in [5.41, 5.74) is 1.32. The van der Waals surface area contributed by atoms with Crippen molar-refractivity contribution in [3.05, 3.63) is 35.9 Å². The lowest BCUT2D eigenvalue weighted by Crippen LogP contribution is -2.47. The SMILES string of the molecule is CCCCS(=O)(=O)N1CCC(C(=O)N2CCCC2C(CC)c2ccccc2)CC1. The summed E-state index contributed by atoms with van der Waals surface area (Å²) in [7, 11) is -3.17. The molecule has 1 aromatic carbocycles. The van der Waals surface area contributed by atoms with Gasteiger partial charge in [-0.3, -0.25) is 4.79 Å². The monoisotopic (exact) mass is 420 g/mol. The molecule has 2 unspecified atom stereocenters. The van der Waals surface area contributed by atoms with Crippen molar-refractivity contribution in [1.29, 1.82) is 0 Å². The van der Waals surface area contributed by atoms with E-state index < -0.39 is 10.0 Å². The largest absolute Gasteiger partial charge is 0.339 e. The van der Waals surface area contributed by atoms with Crippen LogP contribution in [0.5, 0.6) is 0 Å². The van der Waals surface area contributed by atoms with Crippen LogP contribution in [-0.2, 0) is 14.8 Å². The Kier molecular flexibility index (Phi) is 7.74. The number of unbranched alkanes of at least 4 members (excludes halogenated alkanes) is 1. The lowest BCUT2D eigenvalue weighted by Gasteiger charge is -2.37. The molecule has 0 saturated carbocycles. The smallest absolute Gasteiger partial charge is 0.226 e. The quantitative estimate of drug-likeness (QED) is 0.638. The molecule has 162 valence electrons. The molecule has 0 radical (unpaired) electrons. The van der Waals surface area contributed by atoms with Crippen LogP contribution in [0.1, 0.15) is 70.3 Å². The normalized spacial score (nSPS) is 22.7. The highest BCUT2D eigenvalue weighted by Gasteiger charge is 2.39. The number of sulfonamides is 1. The third-order valence-corrected chi connectivity index (χ3v) is 8.62. The number of carbonyl (C=O) groups excluding carboxylic acids is 1. The van der Waals surface area contributed by atoms with Gasteiger partial charge in [0.25, 0.3) is 0 Å². The van der Waals surface area contributed by atoms with Crippen LogP contribution in [0.2, 0.25) is 0 Å². The first-order chi connectivity index (χ1) is 14.0. The van der Waals surface area contributed by atoms with Crippen LogP contribution < -0.4 is 0 Å². The van der Waals surface area contributed by atoms with Crippen molar-refractivity contribution in [1.82, 2.24) is 9.21 Å². The summed E-state index contributed by atoms with van der Waals surface area (Å²) in [4.78, 5) is 15.5. The summed E-state index contributed by atoms with van der Waals surface area (Å²) in [6.07, 6.45) is 6.02. The van der Waals surface area contributed by atoms with Crippen molar-refractivity contribution in [2.75, 3.05) is 25.4 Å². The van der Waals surface area contributed by atoms with Gasteiger partial charge in [-0.15, -0.1) is 0 Å². The molecule has 2 saturated heterocycles. The first-order valence-electron chi connectivity index (χ1n) is 11.3. The molecule has 2 aliphatic heterocycles. The summed E-state index contributed by atoms with van der Waals surface area (Å²) < 4.78 is 26.5. The second-order valence-electron chi connectivity index (χ2n) is 8.51. The van der Waals surface area contributed by atoms with Crippen molar-refractivity contribution in [2.45, 2.75) is 70.8 Å². The molecule has 2 aliphatic rings. The summed E-state index contributed by atoms with van der Waals surface area (Å²) in [5, 5.41) is 0. The molecule has 0 N–H and O–H groups in total. The number of benzene rings is 1. The van der Waals surface area contributed by atoms with Gasteiger partial charge in [-0.05, 0) is 44.1 Å². The maximum atomic E-state index is 13.3. The van der Waals surface area contributed by atoms with E-state index >= 15 is 0 Å². The second kappa shape index (κ2) is 10.1. The number of hydrogen-bond donors (Lipinski definition) is 0. The fourth-order valence-electron chi connectivity index (χ4n) is 4.99. The zero-order chi connectivity index (χ0) is 20.9. The molecule has 3 rings (SSSR count). The fraction of sp³-hybridized carbons (Fsp3) is 0.696. The van der Waals surface area contributed by atoms with Gasteiger partial charge in [0.05, 0.1) is 5.75 Å². The van der Waals surface area contributed by atoms with Gasteiger partial charge < -0.3 is 4.90 Å². The average Bonchev–Trinajstić information content (AvgIpc) is 3.22. The number of amides is 1. The molecule has 1 amide bonds. The number of carbonyl (C=O) groups is 1. The molecule has 2 atom stereocenters. The van der Waals surface area contributed by atoms with Crippen LogP contribution in [0.3, 0.4) is 0 Å².